The van der Waals surface area contributed by atoms with Crippen molar-refractivity contribution in [3.63, 3.8) is 0 Å². The number of ether oxygens (including phenoxy) is 1. The predicted octanol–water partition coefficient (Wildman–Crippen LogP) is 2.10. The topological polar surface area (TPSA) is 61.0 Å². The highest BCUT2D eigenvalue weighted by Crippen LogP contribution is 2.25. The molecule has 1 heterocycles. The second-order valence-corrected chi connectivity index (χ2v) is 4.40. The van der Waals surface area contributed by atoms with Crippen molar-refractivity contribution in [3.05, 3.63) is 42.2 Å². The van der Waals surface area contributed by atoms with Crippen molar-refractivity contribution >= 4 is 11.8 Å². The van der Waals surface area contributed by atoms with Gasteiger partial charge >= 0.3 is 0 Å². The van der Waals surface area contributed by atoms with Crippen LogP contribution in [0.1, 0.15) is 5.56 Å². The highest BCUT2D eigenvalue weighted by molar-refractivity contribution is 7.99. The van der Waals surface area contributed by atoms with Crippen LogP contribution >= 0.6 is 11.8 Å². The van der Waals surface area contributed by atoms with Gasteiger partial charge < -0.3 is 10.5 Å². The van der Waals surface area contributed by atoms with Crippen molar-refractivity contribution in [1.29, 1.82) is 0 Å². The van der Waals surface area contributed by atoms with E-state index in [0.717, 1.165) is 16.2 Å². The zero-order chi connectivity index (χ0) is 12.1. The summed E-state index contributed by atoms with van der Waals surface area (Å²) in [6.45, 7) is 0.466. The van der Waals surface area contributed by atoms with Crippen LogP contribution in [0.25, 0.3) is 0 Å². The summed E-state index contributed by atoms with van der Waals surface area (Å²) in [4.78, 5) is 9.53. The molecule has 0 radical (unpaired) electrons. The number of hydrogen-bond donors (Lipinski definition) is 1. The molecule has 0 amide bonds. The van der Waals surface area contributed by atoms with Crippen LogP contribution < -0.4 is 10.5 Å². The number of nitrogens with two attached hydrogens (primary N) is 1. The smallest absolute Gasteiger partial charge is 0.192 e. The van der Waals surface area contributed by atoms with Gasteiger partial charge in [-0.2, -0.15) is 0 Å². The van der Waals surface area contributed by atoms with Crippen molar-refractivity contribution in [1.82, 2.24) is 9.97 Å². The van der Waals surface area contributed by atoms with Gasteiger partial charge in [-0.05, 0) is 36.0 Å². The minimum Gasteiger partial charge on any atom is -0.497 e. The Morgan fingerprint density at radius 2 is 1.82 bits per heavy atom. The molecular formula is C12H13N3OS. The van der Waals surface area contributed by atoms with Gasteiger partial charge in [0.1, 0.15) is 5.75 Å². The summed E-state index contributed by atoms with van der Waals surface area (Å²) in [5.41, 5.74) is 6.42. The number of rotatable bonds is 4. The van der Waals surface area contributed by atoms with Crippen LogP contribution in [0.4, 0.5) is 0 Å². The summed E-state index contributed by atoms with van der Waals surface area (Å²) in [5.74, 6) is 0.841. The SMILES string of the molecule is COc1ccc(Sc2ncc(CN)cn2)cc1. The molecule has 0 aliphatic carbocycles. The maximum atomic E-state index is 5.48. The molecule has 0 saturated carbocycles. The minimum absolute atomic E-state index is 0.466. The van der Waals surface area contributed by atoms with Gasteiger partial charge in [0.2, 0.25) is 0 Å². The zero-order valence-corrected chi connectivity index (χ0v) is 10.3. The molecule has 0 bridgehead atoms. The Bertz CT molecular complexity index is 425. The molecule has 1 aromatic heterocycles. The van der Waals surface area contributed by atoms with Crippen LogP contribution in [-0.2, 0) is 6.54 Å². The van der Waals surface area contributed by atoms with E-state index in [1.807, 2.05) is 24.3 Å². The van der Waals surface area contributed by atoms with Crippen molar-refractivity contribution in [2.75, 3.05) is 7.11 Å². The van der Waals surface area contributed by atoms with E-state index in [2.05, 4.69) is 9.97 Å². The molecule has 88 valence electrons. The molecule has 0 fully saturated rings. The third-order valence-electron chi connectivity index (χ3n) is 2.19. The summed E-state index contributed by atoms with van der Waals surface area (Å²) in [5, 5.41) is 0.715. The summed E-state index contributed by atoms with van der Waals surface area (Å²) < 4.78 is 5.10. The molecule has 2 aromatic rings. The van der Waals surface area contributed by atoms with Gasteiger partial charge in [-0.1, -0.05) is 0 Å². The lowest BCUT2D eigenvalue weighted by Crippen LogP contribution is -1.98. The molecule has 5 heteroatoms. The number of aromatic nitrogens is 2. The van der Waals surface area contributed by atoms with Gasteiger partial charge in [-0.3, -0.25) is 0 Å². The van der Waals surface area contributed by atoms with E-state index < -0.39 is 0 Å². The van der Waals surface area contributed by atoms with E-state index in [1.54, 1.807) is 19.5 Å². The maximum absolute atomic E-state index is 5.48. The van der Waals surface area contributed by atoms with Crippen LogP contribution in [-0.4, -0.2) is 17.1 Å². The number of benzene rings is 1. The third kappa shape index (κ3) is 3.18. The van der Waals surface area contributed by atoms with Crippen LogP contribution in [0.2, 0.25) is 0 Å². The largest absolute Gasteiger partial charge is 0.497 e. The first-order chi connectivity index (χ1) is 8.31. The Kier molecular flexibility index (Phi) is 3.95. The second kappa shape index (κ2) is 5.65. The van der Waals surface area contributed by atoms with Crippen molar-refractivity contribution in [2.24, 2.45) is 5.73 Å². The van der Waals surface area contributed by atoms with E-state index in [-0.39, 0.29) is 0 Å². The van der Waals surface area contributed by atoms with Gasteiger partial charge in [0.25, 0.3) is 0 Å². The van der Waals surface area contributed by atoms with E-state index in [1.165, 1.54) is 11.8 Å². The Labute approximate surface area is 104 Å². The molecule has 17 heavy (non-hydrogen) atoms. The van der Waals surface area contributed by atoms with Crippen molar-refractivity contribution in [3.8, 4) is 5.75 Å². The van der Waals surface area contributed by atoms with Crippen molar-refractivity contribution < 1.29 is 4.74 Å². The molecule has 1 aromatic carbocycles. The highest BCUT2D eigenvalue weighted by Gasteiger charge is 2.01. The van der Waals surface area contributed by atoms with Gasteiger partial charge in [0, 0.05) is 29.4 Å². The molecule has 4 nitrogen and oxygen atoms in total. The average Bonchev–Trinajstić information content (AvgIpc) is 2.40. The van der Waals surface area contributed by atoms with Crippen LogP contribution in [0, 0.1) is 0 Å². The van der Waals surface area contributed by atoms with Crippen LogP contribution in [0.15, 0.2) is 46.7 Å². The summed E-state index contributed by atoms with van der Waals surface area (Å²) in [7, 11) is 1.65. The van der Waals surface area contributed by atoms with Gasteiger partial charge in [-0.25, -0.2) is 9.97 Å². The Hall–Kier alpha value is -1.59. The first-order valence-corrected chi connectivity index (χ1v) is 5.96. The fraction of sp³-hybridized carbons (Fsp3) is 0.167. The Balaban J connectivity index is 2.08. The van der Waals surface area contributed by atoms with Gasteiger partial charge in [0.05, 0.1) is 7.11 Å². The van der Waals surface area contributed by atoms with Gasteiger partial charge in [-0.15, -0.1) is 0 Å². The molecule has 0 aliphatic heterocycles. The molecule has 0 aliphatic rings. The quantitative estimate of drug-likeness (QED) is 0.838. The van der Waals surface area contributed by atoms with E-state index in [0.29, 0.717) is 11.7 Å². The molecule has 0 atom stereocenters. The lowest BCUT2D eigenvalue weighted by atomic mass is 10.3. The minimum atomic E-state index is 0.466. The fourth-order valence-corrected chi connectivity index (χ4v) is 1.94. The molecule has 2 N–H and O–H groups in total. The van der Waals surface area contributed by atoms with Gasteiger partial charge in [0.15, 0.2) is 5.16 Å². The Morgan fingerprint density at radius 3 is 2.35 bits per heavy atom. The third-order valence-corrected chi connectivity index (χ3v) is 3.09. The molecule has 0 unspecified atom stereocenters. The summed E-state index contributed by atoms with van der Waals surface area (Å²) in [6.07, 6.45) is 3.50. The fourth-order valence-electron chi connectivity index (χ4n) is 1.25. The number of hydrogen-bond acceptors (Lipinski definition) is 5. The molecular weight excluding hydrogens is 234 g/mol. The standard InChI is InChI=1S/C12H13N3OS/c1-16-10-2-4-11(5-3-10)17-12-14-7-9(6-13)8-15-12/h2-5,7-8H,6,13H2,1H3. The number of nitrogens with zero attached hydrogens (tertiary/aromatic N) is 2. The lowest BCUT2D eigenvalue weighted by molar-refractivity contribution is 0.414. The highest BCUT2D eigenvalue weighted by atomic mass is 32.2. The van der Waals surface area contributed by atoms with E-state index in [9.17, 15) is 0 Å². The summed E-state index contributed by atoms with van der Waals surface area (Å²) >= 11 is 1.51. The molecule has 0 spiro atoms. The average molecular weight is 247 g/mol. The van der Waals surface area contributed by atoms with Crippen LogP contribution in [0.3, 0.4) is 0 Å². The number of methoxy groups -OCH3 is 1. The Morgan fingerprint density at radius 1 is 1.18 bits per heavy atom. The molecule has 0 saturated heterocycles. The zero-order valence-electron chi connectivity index (χ0n) is 9.46. The lowest BCUT2D eigenvalue weighted by Gasteiger charge is -2.02. The predicted molar refractivity (Wildman–Crippen MR) is 67.0 cm³/mol. The van der Waals surface area contributed by atoms with Crippen molar-refractivity contribution in [2.45, 2.75) is 16.6 Å². The first-order valence-electron chi connectivity index (χ1n) is 5.14. The maximum Gasteiger partial charge on any atom is 0.192 e. The summed E-state index contributed by atoms with van der Waals surface area (Å²) in [6, 6.07) is 7.78. The monoisotopic (exact) mass is 247 g/mol. The van der Waals surface area contributed by atoms with E-state index in [4.69, 9.17) is 10.5 Å². The first kappa shape index (κ1) is 11.9. The molecule has 2 rings (SSSR count). The van der Waals surface area contributed by atoms with E-state index >= 15 is 0 Å². The second-order valence-electron chi connectivity index (χ2n) is 3.36. The normalized spacial score (nSPS) is 10.2. The van der Waals surface area contributed by atoms with Crippen LogP contribution in [0.5, 0.6) is 5.75 Å².